The third-order valence-corrected chi connectivity index (χ3v) is 13.6. The first-order chi connectivity index (χ1) is 19.8. The summed E-state index contributed by atoms with van der Waals surface area (Å²) in [6, 6.07) is 30.2. The number of hydrogen-bond acceptors (Lipinski definition) is 5. The van der Waals surface area contributed by atoms with Gasteiger partial charge >= 0.3 is 6.09 Å². The van der Waals surface area contributed by atoms with Crippen LogP contribution in [-0.2, 0) is 20.6 Å². The molecule has 0 fully saturated rings. The molecule has 3 aromatic carbocycles. The van der Waals surface area contributed by atoms with E-state index in [9.17, 15) is 9.59 Å². The molecule has 4 rings (SSSR count). The van der Waals surface area contributed by atoms with Crippen molar-refractivity contribution >= 4 is 41.7 Å². The van der Waals surface area contributed by atoms with E-state index in [1.807, 2.05) is 70.2 Å². The third-order valence-electron chi connectivity index (χ3n) is 7.56. The van der Waals surface area contributed by atoms with E-state index >= 15 is 0 Å². The molecule has 0 aromatic heterocycles. The van der Waals surface area contributed by atoms with Gasteiger partial charge in [-0.1, -0.05) is 144 Å². The minimum atomic E-state index is -2.85. The molecular formula is C35H43NO4SSi. The predicted octanol–water partition coefficient (Wildman–Crippen LogP) is 7.31. The number of ether oxygens (including phenoxy) is 1. The van der Waals surface area contributed by atoms with Gasteiger partial charge in [-0.15, -0.1) is 0 Å². The molecule has 3 aromatic rings. The molecule has 0 aliphatic carbocycles. The molecule has 5 nitrogen and oxygen atoms in total. The van der Waals surface area contributed by atoms with Crippen LogP contribution in [0.3, 0.4) is 0 Å². The smallest absolute Gasteiger partial charge is 0.414 e. The van der Waals surface area contributed by atoms with Crippen LogP contribution in [0.5, 0.6) is 0 Å². The Morgan fingerprint density at radius 2 is 1.33 bits per heavy atom. The van der Waals surface area contributed by atoms with Crippen LogP contribution in [0.1, 0.15) is 60.5 Å². The van der Waals surface area contributed by atoms with E-state index in [0.717, 1.165) is 5.56 Å². The number of nitrogens with zero attached hydrogens (tertiary/aromatic N) is 1. The summed E-state index contributed by atoms with van der Waals surface area (Å²) in [6.45, 7) is 15.1. The molecule has 0 spiro atoms. The minimum Gasteiger partial charge on any atom is -0.444 e. The van der Waals surface area contributed by atoms with E-state index in [2.05, 4.69) is 69.3 Å². The first-order valence-corrected chi connectivity index (χ1v) is 17.2. The van der Waals surface area contributed by atoms with Gasteiger partial charge < -0.3 is 9.16 Å². The zero-order valence-corrected chi connectivity index (χ0v) is 27.7. The molecule has 1 aliphatic rings. The van der Waals surface area contributed by atoms with Crippen LogP contribution in [-0.4, -0.2) is 41.8 Å². The van der Waals surface area contributed by atoms with Gasteiger partial charge in [0.05, 0.1) is 12.6 Å². The Labute approximate surface area is 256 Å². The number of benzene rings is 3. The highest BCUT2D eigenvalue weighted by atomic mass is 32.2. The summed E-state index contributed by atoms with van der Waals surface area (Å²) in [5.41, 5.74) is 2.21. The number of allylic oxidation sites excluding steroid dienone is 1. The van der Waals surface area contributed by atoms with Gasteiger partial charge in [0.1, 0.15) is 6.61 Å². The maximum absolute atomic E-state index is 13.7. The van der Waals surface area contributed by atoms with Crippen molar-refractivity contribution in [3.63, 3.8) is 0 Å². The van der Waals surface area contributed by atoms with Crippen LogP contribution < -0.4 is 10.4 Å². The fraction of sp³-hybridized carbons (Fsp3) is 0.371. The highest BCUT2D eigenvalue weighted by Crippen LogP contribution is 2.40. The standard InChI is InChI=1S/C35H43NO4SSi/c1-26-31(32(37)41-34(2,3)4)23-28(36(26)33(38)39-24-27-17-11-8-12-18-27)25-40-42(35(5,6)7,29-19-13-9-14-20-29)30-21-15-10-16-22-30/h8-22,28H,23-25H2,1-7H3/t28-/m1/s1. The van der Waals surface area contributed by atoms with Crippen LogP contribution in [0, 0.1) is 0 Å². The molecule has 1 atom stereocenters. The van der Waals surface area contributed by atoms with Gasteiger partial charge in [-0.2, -0.15) is 0 Å². The van der Waals surface area contributed by atoms with Crippen molar-refractivity contribution in [2.75, 3.05) is 6.61 Å². The zero-order valence-electron chi connectivity index (χ0n) is 25.8. The van der Waals surface area contributed by atoms with Crippen LogP contribution >= 0.6 is 11.8 Å². The topological polar surface area (TPSA) is 55.8 Å². The molecule has 1 aliphatic heterocycles. The first-order valence-electron chi connectivity index (χ1n) is 14.5. The van der Waals surface area contributed by atoms with Crippen molar-refractivity contribution in [3.05, 3.63) is 108 Å². The average molecular weight is 602 g/mol. The average Bonchev–Trinajstić information content (AvgIpc) is 3.28. The summed E-state index contributed by atoms with van der Waals surface area (Å²) < 4.78 is 12.8. The van der Waals surface area contributed by atoms with Gasteiger partial charge in [0.25, 0.3) is 8.32 Å². The zero-order chi connectivity index (χ0) is 30.5. The molecule has 42 heavy (non-hydrogen) atoms. The monoisotopic (exact) mass is 601 g/mol. The maximum atomic E-state index is 13.7. The Morgan fingerprint density at radius 3 is 1.81 bits per heavy atom. The minimum absolute atomic E-state index is 0.00573. The van der Waals surface area contributed by atoms with Crippen molar-refractivity contribution in [2.24, 2.45) is 0 Å². The quantitative estimate of drug-likeness (QED) is 0.254. The Bertz CT molecular complexity index is 1360. The van der Waals surface area contributed by atoms with Gasteiger partial charge in [-0.25, -0.2) is 4.79 Å². The second kappa shape index (κ2) is 13.0. The van der Waals surface area contributed by atoms with Crippen LogP contribution in [0.4, 0.5) is 4.79 Å². The van der Waals surface area contributed by atoms with Crippen LogP contribution in [0.15, 0.2) is 102 Å². The molecule has 0 N–H and O–H groups in total. The summed E-state index contributed by atoms with van der Waals surface area (Å²) in [5, 5.41) is 2.12. The number of carbonyl (C=O) groups is 2. The van der Waals surface area contributed by atoms with Crippen molar-refractivity contribution in [3.8, 4) is 0 Å². The fourth-order valence-corrected chi connectivity index (χ4v) is 11.2. The number of carbonyl (C=O) groups excluding carboxylic acids is 2. The molecule has 0 radical (unpaired) electrons. The molecule has 0 unspecified atom stereocenters. The highest BCUT2D eigenvalue weighted by Gasteiger charge is 2.51. The van der Waals surface area contributed by atoms with Gasteiger partial charge in [0, 0.05) is 22.4 Å². The lowest BCUT2D eigenvalue weighted by Crippen LogP contribution is -2.67. The summed E-state index contributed by atoms with van der Waals surface area (Å²) >= 11 is 1.30. The predicted molar refractivity (Wildman–Crippen MR) is 175 cm³/mol. The molecule has 1 heterocycles. The molecule has 7 heteroatoms. The number of hydrogen-bond donors (Lipinski definition) is 0. The van der Waals surface area contributed by atoms with Crippen LogP contribution in [0.2, 0.25) is 5.04 Å². The highest BCUT2D eigenvalue weighted by molar-refractivity contribution is 8.15. The van der Waals surface area contributed by atoms with E-state index in [4.69, 9.17) is 9.16 Å². The van der Waals surface area contributed by atoms with Crippen molar-refractivity contribution in [2.45, 2.75) is 77.3 Å². The van der Waals surface area contributed by atoms with Gasteiger partial charge in [0.15, 0.2) is 0 Å². The summed E-state index contributed by atoms with van der Waals surface area (Å²) in [5.74, 6) is 0. The third kappa shape index (κ3) is 7.08. The second-order valence-electron chi connectivity index (χ2n) is 12.8. The molecule has 1 amide bonds. The van der Waals surface area contributed by atoms with Gasteiger partial charge in [0.2, 0.25) is 5.12 Å². The van der Waals surface area contributed by atoms with E-state index in [-0.39, 0.29) is 34.2 Å². The van der Waals surface area contributed by atoms with Crippen LogP contribution in [0.25, 0.3) is 0 Å². The van der Waals surface area contributed by atoms with E-state index in [0.29, 0.717) is 17.7 Å². The molecule has 0 saturated heterocycles. The summed E-state index contributed by atoms with van der Waals surface area (Å²) in [6.07, 6.45) is -0.0391. The molecule has 0 saturated carbocycles. The van der Waals surface area contributed by atoms with E-state index in [1.165, 1.54) is 22.1 Å². The molecule has 222 valence electrons. The van der Waals surface area contributed by atoms with Gasteiger partial charge in [-0.05, 0) is 27.9 Å². The molecule has 0 bridgehead atoms. The number of thioether (sulfide) groups is 1. The van der Waals surface area contributed by atoms with Crippen molar-refractivity contribution in [1.82, 2.24) is 4.90 Å². The lowest BCUT2D eigenvalue weighted by Gasteiger charge is -2.44. The Balaban J connectivity index is 1.69. The Morgan fingerprint density at radius 1 is 0.833 bits per heavy atom. The molecular weight excluding hydrogens is 559 g/mol. The Hall–Kier alpha value is -3.13. The SMILES string of the molecule is CC1=C(C(=O)SC(C)(C)C)C[C@H](CO[Si](c2ccccc2)(c2ccccc2)C(C)(C)C)N1C(=O)OCc1ccccc1. The lowest BCUT2D eigenvalue weighted by atomic mass is 10.1. The second-order valence-corrected chi connectivity index (χ2v) is 18.9. The summed E-state index contributed by atoms with van der Waals surface area (Å²) in [7, 11) is -2.85. The maximum Gasteiger partial charge on any atom is 0.414 e. The first kappa shape index (κ1) is 31.8. The van der Waals surface area contributed by atoms with E-state index in [1.54, 1.807) is 4.90 Å². The normalized spacial score (nSPS) is 16.1. The number of rotatable bonds is 8. The fourth-order valence-electron chi connectivity index (χ4n) is 5.66. The lowest BCUT2D eigenvalue weighted by molar-refractivity contribution is -0.108. The van der Waals surface area contributed by atoms with Crippen molar-refractivity contribution < 1.29 is 18.8 Å². The van der Waals surface area contributed by atoms with Gasteiger partial charge in [-0.3, -0.25) is 9.69 Å². The summed E-state index contributed by atoms with van der Waals surface area (Å²) in [4.78, 5) is 28.8. The van der Waals surface area contributed by atoms with E-state index < -0.39 is 14.4 Å². The number of amides is 1. The Kier molecular flexibility index (Phi) is 9.86. The van der Waals surface area contributed by atoms with Crippen molar-refractivity contribution in [1.29, 1.82) is 0 Å². The largest absolute Gasteiger partial charge is 0.444 e.